The Morgan fingerprint density at radius 3 is 2.10 bits per heavy atom. The van der Waals surface area contributed by atoms with Gasteiger partial charge in [0.15, 0.2) is 0 Å². The van der Waals surface area contributed by atoms with E-state index in [1.54, 1.807) is 12.1 Å². The average molecular weight is 294 g/mol. The fourth-order valence-electron chi connectivity index (χ4n) is 2.32. The Balaban J connectivity index is 2.30. The molecule has 0 bridgehead atoms. The summed E-state index contributed by atoms with van der Waals surface area (Å²) < 4.78 is 24.9. The van der Waals surface area contributed by atoms with Crippen molar-refractivity contribution >= 4 is 13.1 Å². The van der Waals surface area contributed by atoms with E-state index in [0.717, 1.165) is 0 Å². The third-order valence-electron chi connectivity index (χ3n) is 4.29. The van der Waals surface area contributed by atoms with E-state index in [2.05, 4.69) is 0 Å². The molecule has 1 fully saturated rings. The van der Waals surface area contributed by atoms with Gasteiger partial charge >= 0.3 is 13.1 Å². The second-order valence-electron chi connectivity index (χ2n) is 6.38. The van der Waals surface area contributed by atoms with Crippen LogP contribution in [0.1, 0.15) is 45.5 Å². The third-order valence-corrected chi connectivity index (χ3v) is 4.29. The fraction of sp³-hybridized carbons (Fsp3) is 0.533. The summed E-state index contributed by atoms with van der Waals surface area (Å²) in [4.78, 5) is 11.1. The number of hydrogen-bond donors (Lipinski definition) is 1. The molecular weight excluding hydrogens is 274 g/mol. The van der Waals surface area contributed by atoms with Crippen molar-refractivity contribution in [2.45, 2.75) is 51.1 Å². The molecular formula is C15H20BFO4. The summed E-state index contributed by atoms with van der Waals surface area (Å²) in [5.74, 6) is -1.79. The number of hydrogen-bond acceptors (Lipinski definition) is 3. The summed E-state index contributed by atoms with van der Waals surface area (Å²) in [6, 6.07) is 5.78. The molecule has 1 atom stereocenters. The molecule has 0 saturated carbocycles. The van der Waals surface area contributed by atoms with Gasteiger partial charge in [-0.25, -0.2) is 4.39 Å². The molecule has 6 heteroatoms. The maximum atomic E-state index is 13.1. The van der Waals surface area contributed by atoms with Crippen LogP contribution in [0.15, 0.2) is 24.3 Å². The number of benzene rings is 1. The summed E-state index contributed by atoms with van der Waals surface area (Å²) in [6.07, 6.45) is -0.136. The van der Waals surface area contributed by atoms with Gasteiger partial charge in [-0.15, -0.1) is 0 Å². The van der Waals surface area contributed by atoms with E-state index in [9.17, 15) is 9.18 Å². The van der Waals surface area contributed by atoms with Crippen LogP contribution in [-0.4, -0.2) is 29.4 Å². The highest BCUT2D eigenvalue weighted by Gasteiger charge is 2.54. The first-order chi connectivity index (χ1) is 9.62. The molecule has 1 heterocycles. The molecule has 114 valence electrons. The van der Waals surface area contributed by atoms with Crippen molar-refractivity contribution in [1.82, 2.24) is 0 Å². The number of carboxylic acid groups (broad SMARTS) is 1. The molecule has 0 radical (unpaired) electrons. The minimum atomic E-state index is -0.945. The molecule has 0 aromatic heterocycles. The first-order valence-corrected chi connectivity index (χ1v) is 6.95. The topological polar surface area (TPSA) is 55.8 Å². The Morgan fingerprint density at radius 1 is 1.19 bits per heavy atom. The minimum absolute atomic E-state index is 0.136. The average Bonchev–Trinajstić information content (AvgIpc) is 2.56. The molecule has 21 heavy (non-hydrogen) atoms. The second kappa shape index (κ2) is 5.42. The highest BCUT2D eigenvalue weighted by atomic mass is 19.1. The van der Waals surface area contributed by atoms with Gasteiger partial charge in [-0.05, 0) is 45.4 Å². The SMILES string of the molecule is CC1(C)OB(C(CC(=O)O)c2ccc(F)cc2)OC1(C)C. The van der Waals surface area contributed by atoms with E-state index in [1.807, 2.05) is 27.7 Å². The van der Waals surface area contributed by atoms with Crippen molar-refractivity contribution in [3.8, 4) is 0 Å². The van der Waals surface area contributed by atoms with Crippen molar-refractivity contribution in [3.63, 3.8) is 0 Å². The van der Waals surface area contributed by atoms with E-state index < -0.39 is 30.1 Å². The Hall–Kier alpha value is -1.40. The van der Waals surface area contributed by atoms with E-state index in [4.69, 9.17) is 14.4 Å². The molecule has 2 rings (SSSR count). The number of carboxylic acids is 1. The summed E-state index contributed by atoms with van der Waals surface area (Å²) in [5.41, 5.74) is -0.375. The smallest absolute Gasteiger partial charge is 0.466 e. The lowest BCUT2D eigenvalue weighted by Gasteiger charge is -2.32. The lowest BCUT2D eigenvalue weighted by Crippen LogP contribution is -2.41. The molecule has 1 aliphatic rings. The van der Waals surface area contributed by atoms with Crippen LogP contribution < -0.4 is 0 Å². The molecule has 0 aliphatic carbocycles. The van der Waals surface area contributed by atoms with Crippen LogP contribution in [0.5, 0.6) is 0 Å². The van der Waals surface area contributed by atoms with Gasteiger partial charge in [0.1, 0.15) is 5.82 Å². The van der Waals surface area contributed by atoms with Crippen LogP contribution in [-0.2, 0) is 14.1 Å². The predicted molar refractivity (Wildman–Crippen MR) is 77.5 cm³/mol. The van der Waals surface area contributed by atoms with Gasteiger partial charge in [-0.3, -0.25) is 4.79 Å². The number of rotatable bonds is 4. The molecule has 4 nitrogen and oxygen atoms in total. The third kappa shape index (κ3) is 3.27. The Kier molecular flexibility index (Phi) is 4.13. The first-order valence-electron chi connectivity index (χ1n) is 6.95. The zero-order valence-corrected chi connectivity index (χ0v) is 12.7. The number of halogens is 1. The Labute approximate surface area is 124 Å². The molecule has 1 aromatic carbocycles. The van der Waals surface area contributed by atoms with Crippen molar-refractivity contribution in [3.05, 3.63) is 35.6 Å². The Morgan fingerprint density at radius 2 is 1.67 bits per heavy atom. The maximum absolute atomic E-state index is 13.1. The van der Waals surface area contributed by atoms with Gasteiger partial charge in [-0.2, -0.15) is 0 Å². The molecule has 1 saturated heterocycles. The van der Waals surface area contributed by atoms with E-state index in [1.165, 1.54) is 12.1 Å². The molecule has 0 amide bonds. The van der Waals surface area contributed by atoms with E-state index >= 15 is 0 Å². The highest BCUT2D eigenvalue weighted by molar-refractivity contribution is 6.48. The summed E-state index contributed by atoms with van der Waals surface area (Å²) in [7, 11) is -0.670. The monoisotopic (exact) mass is 294 g/mol. The van der Waals surface area contributed by atoms with Gasteiger partial charge in [-0.1, -0.05) is 12.1 Å². The zero-order chi connectivity index (χ0) is 15.8. The van der Waals surface area contributed by atoms with E-state index in [-0.39, 0.29) is 12.2 Å². The van der Waals surface area contributed by atoms with Crippen molar-refractivity contribution in [1.29, 1.82) is 0 Å². The van der Waals surface area contributed by atoms with Crippen LogP contribution >= 0.6 is 0 Å². The summed E-state index contributed by atoms with van der Waals surface area (Å²) in [5, 5.41) is 9.14. The quantitative estimate of drug-likeness (QED) is 0.867. The lowest BCUT2D eigenvalue weighted by atomic mass is 9.66. The highest BCUT2D eigenvalue weighted by Crippen LogP contribution is 2.41. The van der Waals surface area contributed by atoms with Crippen molar-refractivity contribution < 1.29 is 23.6 Å². The second-order valence-corrected chi connectivity index (χ2v) is 6.38. The van der Waals surface area contributed by atoms with Crippen LogP contribution in [0.3, 0.4) is 0 Å². The number of carbonyl (C=O) groups is 1. The molecule has 0 spiro atoms. The van der Waals surface area contributed by atoms with E-state index in [0.29, 0.717) is 5.56 Å². The van der Waals surface area contributed by atoms with Crippen LogP contribution in [0.2, 0.25) is 0 Å². The molecule has 1 N–H and O–H groups in total. The van der Waals surface area contributed by atoms with Crippen LogP contribution in [0.4, 0.5) is 4.39 Å². The minimum Gasteiger partial charge on any atom is -0.481 e. The molecule has 1 aliphatic heterocycles. The molecule has 1 unspecified atom stereocenters. The van der Waals surface area contributed by atoms with Crippen LogP contribution in [0, 0.1) is 5.82 Å². The molecule has 1 aromatic rings. The van der Waals surface area contributed by atoms with Gasteiger partial charge in [0, 0.05) is 5.82 Å². The van der Waals surface area contributed by atoms with Gasteiger partial charge in [0.05, 0.1) is 17.6 Å². The lowest BCUT2D eigenvalue weighted by molar-refractivity contribution is -0.137. The summed E-state index contributed by atoms with van der Waals surface area (Å²) in [6.45, 7) is 7.65. The maximum Gasteiger partial charge on any atom is 0.466 e. The van der Waals surface area contributed by atoms with Crippen molar-refractivity contribution in [2.24, 2.45) is 0 Å². The largest absolute Gasteiger partial charge is 0.481 e. The van der Waals surface area contributed by atoms with Gasteiger partial charge in [0.2, 0.25) is 0 Å². The fourth-order valence-corrected chi connectivity index (χ4v) is 2.32. The standard InChI is InChI=1S/C15H20BFO4/c1-14(2)15(3,4)21-16(20-14)12(9-13(18)19)10-5-7-11(17)8-6-10/h5-8,12H,9H2,1-4H3,(H,18,19). The first kappa shape index (κ1) is 16.0. The zero-order valence-electron chi connectivity index (χ0n) is 12.7. The predicted octanol–water partition coefficient (Wildman–Crippen LogP) is 3.02. The van der Waals surface area contributed by atoms with Gasteiger partial charge < -0.3 is 14.4 Å². The van der Waals surface area contributed by atoms with Crippen molar-refractivity contribution in [2.75, 3.05) is 0 Å². The number of aliphatic carboxylic acids is 1. The normalized spacial score (nSPS) is 21.3. The van der Waals surface area contributed by atoms with Crippen LogP contribution in [0.25, 0.3) is 0 Å². The summed E-state index contributed by atoms with van der Waals surface area (Å²) >= 11 is 0. The Bertz CT molecular complexity index is 511. The van der Waals surface area contributed by atoms with Gasteiger partial charge in [0.25, 0.3) is 0 Å².